The number of carbonyl (C=O) groups excluding carboxylic acids is 1. The molecule has 138 valence electrons. The molecule has 3 fully saturated rings. The molecule has 2 heterocycles. The zero-order chi connectivity index (χ0) is 16.6. The van der Waals surface area contributed by atoms with E-state index in [0.717, 1.165) is 43.9 Å². The van der Waals surface area contributed by atoms with Crippen molar-refractivity contribution in [2.75, 3.05) is 19.6 Å². The Balaban J connectivity index is 0.00000182. The Morgan fingerprint density at radius 2 is 1.84 bits per heavy atom. The molecule has 1 aliphatic carbocycles. The summed E-state index contributed by atoms with van der Waals surface area (Å²) < 4.78 is 0. The van der Waals surface area contributed by atoms with Crippen molar-refractivity contribution in [2.45, 2.75) is 51.0 Å². The monoisotopic (exact) mass is 382 g/mol. The minimum absolute atomic E-state index is 0. The topological polar surface area (TPSA) is 32.3 Å². The average molecular weight is 383 g/mol. The van der Waals surface area contributed by atoms with E-state index in [0.29, 0.717) is 11.3 Å². The van der Waals surface area contributed by atoms with Crippen molar-refractivity contribution in [1.82, 2.24) is 10.2 Å². The largest absolute Gasteiger partial charge is 0.335 e. The molecule has 0 bridgehead atoms. The molecular formula is C20H28Cl2N2O. The molecule has 3 nitrogen and oxygen atoms in total. The molecule has 2 saturated heterocycles. The van der Waals surface area contributed by atoms with E-state index >= 15 is 0 Å². The van der Waals surface area contributed by atoms with Gasteiger partial charge in [0.2, 0.25) is 5.91 Å². The lowest BCUT2D eigenvalue weighted by atomic mass is 9.91. The molecule has 0 aromatic heterocycles. The lowest BCUT2D eigenvalue weighted by Crippen LogP contribution is -2.38. The van der Waals surface area contributed by atoms with Crippen LogP contribution in [-0.4, -0.2) is 30.4 Å². The Labute approximate surface area is 161 Å². The maximum Gasteiger partial charge on any atom is 0.226 e. The van der Waals surface area contributed by atoms with Gasteiger partial charge in [-0.25, -0.2) is 0 Å². The number of hydrogen-bond donors (Lipinski definition) is 1. The second-order valence-corrected chi connectivity index (χ2v) is 8.25. The third kappa shape index (κ3) is 3.84. The summed E-state index contributed by atoms with van der Waals surface area (Å²) in [6.45, 7) is 3.06. The van der Waals surface area contributed by atoms with Crippen LogP contribution in [0.3, 0.4) is 0 Å². The van der Waals surface area contributed by atoms with Crippen LogP contribution in [0.2, 0.25) is 5.02 Å². The quantitative estimate of drug-likeness (QED) is 0.810. The van der Waals surface area contributed by atoms with Crippen LogP contribution >= 0.6 is 24.0 Å². The van der Waals surface area contributed by atoms with Crippen molar-refractivity contribution in [3.8, 4) is 0 Å². The maximum absolute atomic E-state index is 13.3. The van der Waals surface area contributed by atoms with Crippen molar-refractivity contribution in [1.29, 1.82) is 0 Å². The third-order valence-corrected chi connectivity index (χ3v) is 6.63. The number of carbonyl (C=O) groups is 1. The van der Waals surface area contributed by atoms with E-state index < -0.39 is 0 Å². The molecule has 4 rings (SSSR count). The summed E-state index contributed by atoms with van der Waals surface area (Å²) in [6, 6.07) is 8.35. The van der Waals surface area contributed by atoms with Crippen LogP contribution in [0.15, 0.2) is 24.3 Å². The maximum atomic E-state index is 13.3. The van der Waals surface area contributed by atoms with Gasteiger partial charge in [-0.2, -0.15) is 0 Å². The van der Waals surface area contributed by atoms with E-state index in [4.69, 9.17) is 11.6 Å². The van der Waals surface area contributed by atoms with Crippen molar-refractivity contribution in [2.24, 2.45) is 11.3 Å². The second-order valence-electron chi connectivity index (χ2n) is 7.82. The van der Waals surface area contributed by atoms with Crippen LogP contribution in [0.25, 0.3) is 0 Å². The highest BCUT2D eigenvalue weighted by atomic mass is 35.5. The van der Waals surface area contributed by atoms with Crippen molar-refractivity contribution in [3.05, 3.63) is 34.9 Å². The average Bonchev–Trinajstić information content (AvgIpc) is 3.34. The number of nitrogens with one attached hydrogen (secondary N) is 1. The minimum atomic E-state index is 0. The number of nitrogens with zero attached hydrogens (tertiary/aromatic N) is 1. The number of benzene rings is 1. The third-order valence-electron chi connectivity index (χ3n) is 6.38. The molecule has 2 unspecified atom stereocenters. The van der Waals surface area contributed by atoms with Gasteiger partial charge in [0, 0.05) is 17.5 Å². The first-order valence-corrected chi connectivity index (χ1v) is 9.84. The summed E-state index contributed by atoms with van der Waals surface area (Å²) in [5, 5.41) is 4.20. The number of piperidine rings is 1. The fourth-order valence-electron chi connectivity index (χ4n) is 4.78. The van der Waals surface area contributed by atoms with Crippen molar-refractivity contribution in [3.63, 3.8) is 0 Å². The molecule has 1 aromatic carbocycles. The lowest BCUT2D eigenvalue weighted by molar-refractivity contribution is -0.136. The first kappa shape index (κ1) is 19.0. The van der Waals surface area contributed by atoms with E-state index in [2.05, 4.69) is 22.3 Å². The number of likely N-dealkylation sites (tertiary alicyclic amines) is 1. The van der Waals surface area contributed by atoms with Crippen molar-refractivity contribution < 1.29 is 4.79 Å². The summed E-state index contributed by atoms with van der Waals surface area (Å²) in [6.07, 6.45) is 8.10. The van der Waals surface area contributed by atoms with Gasteiger partial charge in [0.05, 0.1) is 6.04 Å². The van der Waals surface area contributed by atoms with Crippen LogP contribution < -0.4 is 5.32 Å². The van der Waals surface area contributed by atoms with Gasteiger partial charge in [-0.3, -0.25) is 4.79 Å². The van der Waals surface area contributed by atoms with Gasteiger partial charge >= 0.3 is 0 Å². The molecule has 3 aliphatic rings. The van der Waals surface area contributed by atoms with Crippen LogP contribution in [0.1, 0.15) is 56.6 Å². The van der Waals surface area contributed by atoms with E-state index in [1.165, 1.54) is 31.2 Å². The Bertz CT molecular complexity index is 598. The summed E-state index contributed by atoms with van der Waals surface area (Å²) in [4.78, 5) is 15.5. The predicted molar refractivity (Wildman–Crippen MR) is 104 cm³/mol. The van der Waals surface area contributed by atoms with Gasteiger partial charge in [-0.1, -0.05) is 36.6 Å². The first-order chi connectivity index (χ1) is 11.7. The van der Waals surface area contributed by atoms with Crippen molar-refractivity contribution >= 4 is 29.9 Å². The predicted octanol–water partition coefficient (Wildman–Crippen LogP) is 4.60. The van der Waals surface area contributed by atoms with Crippen LogP contribution in [0, 0.1) is 11.3 Å². The van der Waals surface area contributed by atoms with Crippen LogP contribution in [0.5, 0.6) is 0 Å². The van der Waals surface area contributed by atoms with Gasteiger partial charge < -0.3 is 10.2 Å². The summed E-state index contributed by atoms with van der Waals surface area (Å²) in [5.41, 5.74) is 1.56. The molecular weight excluding hydrogens is 355 g/mol. The summed E-state index contributed by atoms with van der Waals surface area (Å²) in [7, 11) is 0. The highest BCUT2D eigenvalue weighted by molar-refractivity contribution is 6.30. The normalized spacial score (nSPS) is 28.1. The summed E-state index contributed by atoms with van der Waals surface area (Å²) in [5.74, 6) is 0.686. The number of amides is 1. The molecule has 0 radical (unpaired) electrons. The molecule has 25 heavy (non-hydrogen) atoms. The Morgan fingerprint density at radius 1 is 1.12 bits per heavy atom. The smallest absolute Gasteiger partial charge is 0.226 e. The minimum Gasteiger partial charge on any atom is -0.335 e. The fourth-order valence-corrected chi connectivity index (χ4v) is 4.90. The summed E-state index contributed by atoms with van der Waals surface area (Å²) >= 11 is 6.05. The highest BCUT2D eigenvalue weighted by Gasteiger charge is 2.59. The van der Waals surface area contributed by atoms with Gasteiger partial charge in [0.15, 0.2) is 0 Å². The van der Waals surface area contributed by atoms with E-state index in [9.17, 15) is 4.79 Å². The highest BCUT2D eigenvalue weighted by Crippen LogP contribution is 2.59. The Morgan fingerprint density at radius 3 is 2.56 bits per heavy atom. The van der Waals surface area contributed by atoms with Crippen LogP contribution in [-0.2, 0) is 4.79 Å². The molecule has 1 N–H and O–H groups in total. The molecule has 2 aliphatic heterocycles. The fraction of sp³-hybridized carbons (Fsp3) is 0.650. The zero-order valence-electron chi connectivity index (χ0n) is 14.7. The molecule has 1 aromatic rings. The van der Waals surface area contributed by atoms with Gasteiger partial charge in [-0.15, -0.1) is 12.4 Å². The molecule has 1 amide bonds. The van der Waals surface area contributed by atoms with Gasteiger partial charge in [0.1, 0.15) is 0 Å². The van der Waals surface area contributed by atoms with Crippen LogP contribution in [0.4, 0.5) is 0 Å². The van der Waals surface area contributed by atoms with E-state index in [1.807, 2.05) is 12.1 Å². The number of rotatable bonds is 2. The molecule has 1 saturated carbocycles. The zero-order valence-corrected chi connectivity index (χ0v) is 16.2. The van der Waals surface area contributed by atoms with Gasteiger partial charge in [0.25, 0.3) is 0 Å². The SMILES string of the molecule is Cl.O=C(C1CC12CCNCC2)N1CCCCCC1c1ccc(Cl)cc1. The Hall–Kier alpha value is -0.770. The number of hydrogen-bond acceptors (Lipinski definition) is 2. The van der Waals surface area contributed by atoms with E-state index in [1.54, 1.807) is 0 Å². The van der Waals surface area contributed by atoms with E-state index in [-0.39, 0.29) is 24.4 Å². The Kier molecular flexibility index (Phi) is 5.97. The number of halogens is 2. The molecule has 2 atom stereocenters. The molecule has 5 heteroatoms. The molecule has 1 spiro atoms. The standard InChI is InChI=1S/C20H27ClN2O.ClH/c21-16-7-5-15(6-8-16)18-4-2-1-3-13-23(18)19(24)17-14-20(17)9-11-22-12-10-20;/h5-8,17-18,22H,1-4,9-14H2;1H. The first-order valence-electron chi connectivity index (χ1n) is 9.46. The van der Waals surface area contributed by atoms with Gasteiger partial charge in [-0.05, 0) is 68.3 Å². The lowest BCUT2D eigenvalue weighted by Gasteiger charge is -2.32. The second kappa shape index (κ2) is 7.85.